The third-order valence-corrected chi connectivity index (χ3v) is 3.11. The number of nitrogen functional groups attached to an aromatic ring is 1. The van der Waals surface area contributed by atoms with Gasteiger partial charge in [0.25, 0.3) is 5.89 Å². The van der Waals surface area contributed by atoms with Gasteiger partial charge in [0.1, 0.15) is 0 Å². The summed E-state index contributed by atoms with van der Waals surface area (Å²) in [4.78, 5) is 4.16. The van der Waals surface area contributed by atoms with Crippen LogP contribution in [0.4, 0.5) is 10.1 Å². The molecule has 0 fully saturated rings. The molecule has 2 aromatic carbocycles. The standard InChI is InChI=1S/C14H9ClFN3O2/c15-8-2-3-11(17)9(6-8)14-18-13(19-21-14)7-1-4-12(20)10(16)5-7/h1-6,20H,17H2. The fraction of sp³-hybridized carbons (Fsp3) is 0. The highest BCUT2D eigenvalue weighted by Crippen LogP contribution is 2.30. The van der Waals surface area contributed by atoms with Gasteiger partial charge in [0.2, 0.25) is 5.82 Å². The molecule has 0 unspecified atom stereocenters. The zero-order chi connectivity index (χ0) is 15.0. The monoisotopic (exact) mass is 305 g/mol. The first-order valence-electron chi connectivity index (χ1n) is 5.92. The normalized spacial score (nSPS) is 10.8. The molecule has 1 heterocycles. The summed E-state index contributed by atoms with van der Waals surface area (Å²) in [5.41, 5.74) is 7.15. The van der Waals surface area contributed by atoms with Crippen LogP contribution in [0.15, 0.2) is 40.9 Å². The minimum Gasteiger partial charge on any atom is -0.505 e. The summed E-state index contributed by atoms with van der Waals surface area (Å²) < 4.78 is 18.5. The van der Waals surface area contributed by atoms with Crippen LogP contribution in [0, 0.1) is 5.82 Å². The van der Waals surface area contributed by atoms with Gasteiger partial charge in [0.15, 0.2) is 11.6 Å². The minimum absolute atomic E-state index is 0.179. The average molecular weight is 306 g/mol. The third kappa shape index (κ3) is 2.53. The van der Waals surface area contributed by atoms with Crippen LogP contribution in [-0.2, 0) is 0 Å². The Morgan fingerprint density at radius 2 is 2.00 bits per heavy atom. The second-order valence-electron chi connectivity index (χ2n) is 4.32. The van der Waals surface area contributed by atoms with Crippen LogP contribution in [0.2, 0.25) is 5.02 Å². The number of nitrogens with zero attached hydrogens (tertiary/aromatic N) is 2. The highest BCUT2D eigenvalue weighted by atomic mass is 35.5. The minimum atomic E-state index is -0.763. The Hall–Kier alpha value is -2.60. The Kier molecular flexibility index (Phi) is 3.23. The van der Waals surface area contributed by atoms with Crippen molar-refractivity contribution in [2.45, 2.75) is 0 Å². The summed E-state index contributed by atoms with van der Waals surface area (Å²) in [6.07, 6.45) is 0. The summed E-state index contributed by atoms with van der Waals surface area (Å²) in [5.74, 6) is -0.843. The molecule has 0 radical (unpaired) electrons. The second kappa shape index (κ2) is 5.06. The lowest BCUT2D eigenvalue weighted by atomic mass is 10.1. The highest BCUT2D eigenvalue weighted by Gasteiger charge is 2.14. The van der Waals surface area contributed by atoms with Crippen molar-refractivity contribution in [1.82, 2.24) is 10.1 Å². The molecule has 3 rings (SSSR count). The number of phenols is 1. The number of anilines is 1. The molecule has 0 aliphatic carbocycles. The SMILES string of the molecule is Nc1ccc(Cl)cc1-c1nc(-c2ccc(O)c(F)c2)no1. The molecule has 0 aliphatic rings. The van der Waals surface area contributed by atoms with E-state index < -0.39 is 11.6 Å². The van der Waals surface area contributed by atoms with Crippen LogP contribution < -0.4 is 5.73 Å². The maximum Gasteiger partial charge on any atom is 0.260 e. The second-order valence-corrected chi connectivity index (χ2v) is 4.76. The molecule has 0 atom stereocenters. The van der Waals surface area contributed by atoms with Crippen molar-refractivity contribution in [2.75, 3.05) is 5.73 Å². The van der Waals surface area contributed by atoms with Gasteiger partial charge in [0, 0.05) is 16.3 Å². The number of aromatic hydroxyl groups is 1. The van der Waals surface area contributed by atoms with Gasteiger partial charge in [-0.05, 0) is 36.4 Å². The van der Waals surface area contributed by atoms with Crippen LogP contribution in [0.3, 0.4) is 0 Å². The first-order valence-corrected chi connectivity index (χ1v) is 6.30. The average Bonchev–Trinajstić information content (AvgIpc) is 2.94. The fourth-order valence-corrected chi connectivity index (χ4v) is 1.98. The molecule has 3 aromatic rings. The van der Waals surface area contributed by atoms with Crippen molar-refractivity contribution in [3.8, 4) is 28.6 Å². The van der Waals surface area contributed by atoms with Crippen LogP contribution in [0.1, 0.15) is 0 Å². The maximum absolute atomic E-state index is 13.3. The number of halogens is 2. The van der Waals surface area contributed by atoms with E-state index in [0.29, 0.717) is 21.8 Å². The molecular formula is C14H9ClFN3O2. The van der Waals surface area contributed by atoms with E-state index in [1.807, 2.05) is 0 Å². The third-order valence-electron chi connectivity index (χ3n) is 2.88. The summed E-state index contributed by atoms with van der Waals surface area (Å²) >= 11 is 5.91. The number of nitrogens with two attached hydrogens (primary N) is 1. The smallest absolute Gasteiger partial charge is 0.260 e. The Morgan fingerprint density at radius 1 is 1.19 bits per heavy atom. The molecule has 3 N–H and O–H groups in total. The molecule has 0 saturated carbocycles. The van der Waals surface area contributed by atoms with E-state index in [4.69, 9.17) is 21.9 Å². The predicted octanol–water partition coefficient (Wildman–Crippen LogP) is 3.48. The van der Waals surface area contributed by atoms with Gasteiger partial charge < -0.3 is 15.4 Å². The highest BCUT2D eigenvalue weighted by molar-refractivity contribution is 6.31. The van der Waals surface area contributed by atoms with Gasteiger partial charge in [0.05, 0.1) is 5.56 Å². The molecule has 0 spiro atoms. The Bertz CT molecular complexity index is 820. The van der Waals surface area contributed by atoms with Crippen molar-refractivity contribution in [2.24, 2.45) is 0 Å². The van der Waals surface area contributed by atoms with E-state index in [1.165, 1.54) is 12.1 Å². The molecule has 0 amide bonds. The lowest BCUT2D eigenvalue weighted by Crippen LogP contribution is -1.90. The van der Waals surface area contributed by atoms with E-state index in [0.717, 1.165) is 6.07 Å². The summed E-state index contributed by atoms with van der Waals surface area (Å²) in [7, 11) is 0. The van der Waals surface area contributed by atoms with Crippen molar-refractivity contribution >= 4 is 17.3 Å². The van der Waals surface area contributed by atoms with E-state index in [1.54, 1.807) is 18.2 Å². The number of aromatic nitrogens is 2. The van der Waals surface area contributed by atoms with E-state index >= 15 is 0 Å². The van der Waals surface area contributed by atoms with Crippen molar-refractivity contribution in [3.63, 3.8) is 0 Å². The summed E-state index contributed by atoms with van der Waals surface area (Å²) in [6, 6.07) is 8.69. The molecule has 7 heteroatoms. The number of phenolic OH excluding ortho intramolecular Hbond substituents is 1. The van der Waals surface area contributed by atoms with Gasteiger partial charge in [-0.2, -0.15) is 4.98 Å². The van der Waals surface area contributed by atoms with Crippen molar-refractivity contribution in [1.29, 1.82) is 0 Å². The molecule has 1 aromatic heterocycles. The first-order chi connectivity index (χ1) is 10.0. The number of hydrogen-bond donors (Lipinski definition) is 2. The molecule has 0 bridgehead atoms. The van der Waals surface area contributed by atoms with Gasteiger partial charge in [-0.25, -0.2) is 4.39 Å². The fourth-order valence-electron chi connectivity index (χ4n) is 1.81. The molecule has 0 saturated heterocycles. The summed E-state index contributed by atoms with van der Waals surface area (Å²) in [6.45, 7) is 0. The first kappa shape index (κ1) is 13.4. The Balaban J connectivity index is 2.03. The van der Waals surface area contributed by atoms with Crippen LogP contribution >= 0.6 is 11.6 Å². The number of benzene rings is 2. The molecule has 21 heavy (non-hydrogen) atoms. The quantitative estimate of drug-likeness (QED) is 0.708. The molecular weight excluding hydrogens is 297 g/mol. The van der Waals surface area contributed by atoms with Crippen LogP contribution in [0.25, 0.3) is 22.8 Å². The zero-order valence-electron chi connectivity index (χ0n) is 10.5. The zero-order valence-corrected chi connectivity index (χ0v) is 11.3. The van der Waals surface area contributed by atoms with Crippen molar-refractivity contribution < 1.29 is 14.0 Å². The van der Waals surface area contributed by atoms with E-state index in [-0.39, 0.29) is 11.7 Å². The number of rotatable bonds is 2. The van der Waals surface area contributed by atoms with Gasteiger partial charge in [-0.1, -0.05) is 16.8 Å². The van der Waals surface area contributed by atoms with E-state index in [9.17, 15) is 9.50 Å². The number of hydrogen-bond acceptors (Lipinski definition) is 5. The van der Waals surface area contributed by atoms with Crippen LogP contribution in [0.5, 0.6) is 5.75 Å². The van der Waals surface area contributed by atoms with Crippen LogP contribution in [-0.4, -0.2) is 15.2 Å². The van der Waals surface area contributed by atoms with Crippen molar-refractivity contribution in [3.05, 3.63) is 47.2 Å². The Labute approximate surface area is 123 Å². The summed E-state index contributed by atoms with van der Waals surface area (Å²) in [5, 5.41) is 13.4. The molecule has 5 nitrogen and oxygen atoms in total. The topological polar surface area (TPSA) is 85.2 Å². The van der Waals surface area contributed by atoms with Gasteiger partial charge in [-0.15, -0.1) is 0 Å². The lowest BCUT2D eigenvalue weighted by molar-refractivity contribution is 0.430. The maximum atomic E-state index is 13.3. The molecule has 0 aliphatic heterocycles. The van der Waals surface area contributed by atoms with Gasteiger partial charge >= 0.3 is 0 Å². The predicted molar refractivity (Wildman–Crippen MR) is 76.2 cm³/mol. The molecule has 106 valence electrons. The van der Waals surface area contributed by atoms with Gasteiger partial charge in [-0.3, -0.25) is 0 Å². The largest absolute Gasteiger partial charge is 0.505 e. The lowest BCUT2D eigenvalue weighted by Gasteiger charge is -2.00. The Morgan fingerprint density at radius 3 is 2.76 bits per heavy atom. The van der Waals surface area contributed by atoms with E-state index in [2.05, 4.69) is 10.1 Å².